The number of halogens is 1. The predicted molar refractivity (Wildman–Crippen MR) is 78.3 cm³/mol. The molecule has 0 saturated carbocycles. The summed E-state index contributed by atoms with van der Waals surface area (Å²) in [5.41, 5.74) is 0.723. The molecule has 1 atom stereocenters. The van der Waals surface area contributed by atoms with Crippen LogP contribution in [0.15, 0.2) is 16.7 Å². The van der Waals surface area contributed by atoms with Gasteiger partial charge in [0, 0.05) is 30.4 Å². The normalized spacial score (nSPS) is 18.7. The second-order valence-corrected chi connectivity index (χ2v) is 5.83. The van der Waals surface area contributed by atoms with Crippen LogP contribution in [0.1, 0.15) is 43.1 Å². The molecular formula is C14H21BrN2O2. The van der Waals surface area contributed by atoms with Crippen LogP contribution in [-0.4, -0.2) is 29.7 Å². The van der Waals surface area contributed by atoms with E-state index in [2.05, 4.69) is 28.2 Å². The molecule has 0 aliphatic carbocycles. The van der Waals surface area contributed by atoms with Crippen LogP contribution in [0.3, 0.4) is 0 Å². The van der Waals surface area contributed by atoms with Crippen molar-refractivity contribution in [2.45, 2.75) is 45.3 Å². The summed E-state index contributed by atoms with van der Waals surface area (Å²) < 4.78 is 8.48. The van der Waals surface area contributed by atoms with E-state index in [1.165, 1.54) is 0 Å². The first-order valence-corrected chi connectivity index (χ1v) is 7.75. The zero-order chi connectivity index (χ0) is 13.7. The summed E-state index contributed by atoms with van der Waals surface area (Å²) in [4.78, 5) is 12.1. The Balaban J connectivity index is 1.84. The van der Waals surface area contributed by atoms with Crippen molar-refractivity contribution in [1.29, 1.82) is 0 Å². The Morgan fingerprint density at radius 3 is 3.16 bits per heavy atom. The quantitative estimate of drug-likeness (QED) is 0.872. The van der Waals surface area contributed by atoms with Crippen molar-refractivity contribution in [3.8, 4) is 0 Å². The van der Waals surface area contributed by atoms with Gasteiger partial charge in [0.05, 0.1) is 6.10 Å². The molecule has 1 aliphatic heterocycles. The third kappa shape index (κ3) is 4.08. The number of carbonyl (C=O) groups is 1. The van der Waals surface area contributed by atoms with Crippen molar-refractivity contribution in [3.63, 3.8) is 0 Å². The van der Waals surface area contributed by atoms with Gasteiger partial charge in [-0.3, -0.25) is 4.79 Å². The molecule has 0 spiro atoms. The molecule has 2 rings (SSSR count). The predicted octanol–water partition coefficient (Wildman–Crippen LogP) is 2.96. The van der Waals surface area contributed by atoms with Crippen molar-refractivity contribution >= 4 is 21.8 Å². The molecule has 4 nitrogen and oxygen atoms in total. The summed E-state index contributed by atoms with van der Waals surface area (Å²) in [6, 6.07) is 1.87. The molecule has 5 heteroatoms. The van der Waals surface area contributed by atoms with E-state index in [1.54, 1.807) is 0 Å². The number of aryl methyl sites for hydroxylation is 1. The van der Waals surface area contributed by atoms with Crippen LogP contribution in [0.25, 0.3) is 0 Å². The topological polar surface area (TPSA) is 43.3 Å². The molecule has 1 aromatic heterocycles. The Kier molecular flexibility index (Phi) is 5.45. The van der Waals surface area contributed by atoms with E-state index in [0.717, 1.165) is 49.0 Å². The Labute approximate surface area is 122 Å². The lowest BCUT2D eigenvalue weighted by Crippen LogP contribution is -2.28. The zero-order valence-electron chi connectivity index (χ0n) is 11.3. The van der Waals surface area contributed by atoms with Crippen molar-refractivity contribution in [3.05, 3.63) is 22.4 Å². The number of ether oxygens (including phenoxy) is 1. The summed E-state index contributed by atoms with van der Waals surface area (Å²) in [5, 5.41) is 2.98. The van der Waals surface area contributed by atoms with Crippen molar-refractivity contribution < 1.29 is 9.53 Å². The number of nitrogens with zero attached hydrogens (tertiary/aromatic N) is 1. The van der Waals surface area contributed by atoms with Crippen LogP contribution in [-0.2, 0) is 11.3 Å². The fourth-order valence-electron chi connectivity index (χ4n) is 2.40. The molecule has 1 saturated heterocycles. The van der Waals surface area contributed by atoms with Crippen LogP contribution in [0, 0.1) is 0 Å². The highest BCUT2D eigenvalue weighted by atomic mass is 79.9. The number of amides is 1. The SMILES string of the molecule is CCCn1cc(Br)cc1C(=O)NCCC1CCCO1. The minimum absolute atomic E-state index is 0.00264. The maximum atomic E-state index is 12.1. The Morgan fingerprint density at radius 1 is 1.63 bits per heavy atom. The van der Waals surface area contributed by atoms with Crippen LogP contribution in [0.4, 0.5) is 0 Å². The molecule has 0 bridgehead atoms. The van der Waals surface area contributed by atoms with Crippen LogP contribution in [0.2, 0.25) is 0 Å². The number of nitrogens with one attached hydrogen (secondary N) is 1. The summed E-state index contributed by atoms with van der Waals surface area (Å²) in [7, 11) is 0. The number of carbonyl (C=O) groups excluding carboxylic acids is 1. The van der Waals surface area contributed by atoms with Gasteiger partial charge in [-0.15, -0.1) is 0 Å². The largest absolute Gasteiger partial charge is 0.378 e. The molecule has 1 amide bonds. The molecule has 1 aliphatic rings. The van der Waals surface area contributed by atoms with Gasteiger partial charge in [0.15, 0.2) is 0 Å². The van der Waals surface area contributed by atoms with Gasteiger partial charge in [-0.05, 0) is 47.7 Å². The average Bonchev–Trinajstić information content (AvgIpc) is 2.99. The molecule has 1 aromatic rings. The van der Waals surface area contributed by atoms with Gasteiger partial charge in [-0.2, -0.15) is 0 Å². The highest BCUT2D eigenvalue weighted by Crippen LogP contribution is 2.16. The third-order valence-corrected chi connectivity index (χ3v) is 3.77. The molecule has 1 unspecified atom stereocenters. The average molecular weight is 329 g/mol. The van der Waals surface area contributed by atoms with Gasteiger partial charge in [0.2, 0.25) is 0 Å². The van der Waals surface area contributed by atoms with E-state index >= 15 is 0 Å². The summed E-state index contributed by atoms with van der Waals surface area (Å²) in [6.45, 7) is 4.51. The Hall–Kier alpha value is -0.810. The van der Waals surface area contributed by atoms with E-state index in [-0.39, 0.29) is 5.91 Å². The highest BCUT2D eigenvalue weighted by Gasteiger charge is 2.16. The lowest BCUT2D eigenvalue weighted by atomic mass is 10.2. The van der Waals surface area contributed by atoms with Gasteiger partial charge in [-0.1, -0.05) is 6.92 Å². The number of rotatable bonds is 6. The monoisotopic (exact) mass is 328 g/mol. The summed E-state index contributed by atoms with van der Waals surface area (Å²) in [6.07, 6.45) is 6.46. The fraction of sp³-hybridized carbons (Fsp3) is 0.643. The number of aromatic nitrogens is 1. The lowest BCUT2D eigenvalue weighted by molar-refractivity contribution is 0.0899. The van der Waals surface area contributed by atoms with Gasteiger partial charge < -0.3 is 14.6 Å². The van der Waals surface area contributed by atoms with Crippen LogP contribution in [0.5, 0.6) is 0 Å². The first-order valence-electron chi connectivity index (χ1n) is 6.96. The number of hydrogen-bond donors (Lipinski definition) is 1. The lowest BCUT2D eigenvalue weighted by Gasteiger charge is -2.11. The Morgan fingerprint density at radius 2 is 2.47 bits per heavy atom. The summed E-state index contributed by atoms with van der Waals surface area (Å²) in [5.74, 6) is -0.00264. The molecule has 0 aromatic carbocycles. The van der Waals surface area contributed by atoms with E-state index < -0.39 is 0 Å². The molecule has 2 heterocycles. The van der Waals surface area contributed by atoms with Gasteiger partial charge in [0.25, 0.3) is 5.91 Å². The molecule has 1 fully saturated rings. The second kappa shape index (κ2) is 7.10. The van der Waals surface area contributed by atoms with Gasteiger partial charge >= 0.3 is 0 Å². The zero-order valence-corrected chi connectivity index (χ0v) is 12.9. The van der Waals surface area contributed by atoms with E-state index in [9.17, 15) is 4.79 Å². The van der Waals surface area contributed by atoms with E-state index in [0.29, 0.717) is 12.6 Å². The van der Waals surface area contributed by atoms with E-state index in [4.69, 9.17) is 4.74 Å². The maximum absolute atomic E-state index is 12.1. The maximum Gasteiger partial charge on any atom is 0.267 e. The fourth-order valence-corrected chi connectivity index (χ4v) is 2.86. The minimum Gasteiger partial charge on any atom is -0.378 e. The van der Waals surface area contributed by atoms with E-state index in [1.807, 2.05) is 16.8 Å². The molecule has 19 heavy (non-hydrogen) atoms. The van der Waals surface area contributed by atoms with Gasteiger partial charge in [-0.25, -0.2) is 0 Å². The van der Waals surface area contributed by atoms with Gasteiger partial charge in [0.1, 0.15) is 5.69 Å². The Bertz CT molecular complexity index is 425. The molecule has 0 radical (unpaired) electrons. The third-order valence-electron chi connectivity index (χ3n) is 3.34. The van der Waals surface area contributed by atoms with Crippen LogP contribution < -0.4 is 5.32 Å². The first-order chi connectivity index (χ1) is 9.20. The van der Waals surface area contributed by atoms with Crippen molar-refractivity contribution in [2.75, 3.05) is 13.2 Å². The van der Waals surface area contributed by atoms with Crippen molar-refractivity contribution in [1.82, 2.24) is 9.88 Å². The van der Waals surface area contributed by atoms with Crippen molar-refractivity contribution in [2.24, 2.45) is 0 Å². The first kappa shape index (κ1) is 14.6. The second-order valence-electron chi connectivity index (χ2n) is 4.92. The minimum atomic E-state index is -0.00264. The standard InChI is InChI=1S/C14H21BrN2O2/c1-2-7-17-10-11(15)9-13(17)14(18)16-6-5-12-4-3-8-19-12/h9-10,12H,2-8H2,1H3,(H,16,18). The van der Waals surface area contributed by atoms with Crippen LogP contribution >= 0.6 is 15.9 Å². The smallest absolute Gasteiger partial charge is 0.267 e. The number of hydrogen-bond acceptors (Lipinski definition) is 2. The molecule has 1 N–H and O–H groups in total. The highest BCUT2D eigenvalue weighted by molar-refractivity contribution is 9.10. The molecular weight excluding hydrogens is 308 g/mol. The molecule has 106 valence electrons. The summed E-state index contributed by atoms with van der Waals surface area (Å²) >= 11 is 3.42.